The largest absolute Gasteiger partial charge is 0.421 e. The molecule has 194 valence electrons. The lowest BCUT2D eigenvalue weighted by molar-refractivity contribution is -0.205. The molecule has 12 heteroatoms. The van der Waals surface area contributed by atoms with E-state index in [0.717, 1.165) is 6.07 Å². The minimum absolute atomic E-state index is 0.132. The van der Waals surface area contributed by atoms with Gasteiger partial charge in [0.15, 0.2) is 5.67 Å². The van der Waals surface area contributed by atoms with Crippen molar-refractivity contribution in [3.8, 4) is 0 Å². The molecular formula is C24H20ClF7N2O2. The zero-order valence-electron chi connectivity index (χ0n) is 18.9. The molecule has 0 spiro atoms. The molecule has 0 aromatic heterocycles. The molecule has 0 aliphatic carbocycles. The lowest BCUT2D eigenvalue weighted by Crippen LogP contribution is -2.59. The van der Waals surface area contributed by atoms with E-state index in [1.165, 1.54) is 29.2 Å². The van der Waals surface area contributed by atoms with Crippen molar-refractivity contribution in [3.05, 3.63) is 69.7 Å². The Morgan fingerprint density at radius 3 is 2.19 bits per heavy atom. The van der Waals surface area contributed by atoms with Gasteiger partial charge in [-0.15, -0.1) is 0 Å². The molecule has 2 aliphatic heterocycles. The number of hydrogen-bond acceptors (Lipinski definition) is 3. The predicted molar refractivity (Wildman–Crippen MR) is 118 cm³/mol. The second-order valence-corrected chi connectivity index (χ2v) is 9.48. The molecule has 2 aromatic rings. The highest BCUT2D eigenvalue weighted by Gasteiger charge is 2.50. The number of hydrogen-bond donors (Lipinski definition) is 1. The quantitative estimate of drug-likeness (QED) is 0.463. The summed E-state index contributed by atoms with van der Waals surface area (Å²) < 4.78 is 96.3. The molecule has 1 amide bonds. The molecule has 36 heavy (non-hydrogen) atoms. The first-order chi connectivity index (χ1) is 16.6. The summed E-state index contributed by atoms with van der Waals surface area (Å²) in [6.07, 6.45) is -12.4. The number of carbonyl (C=O) groups is 1. The zero-order valence-corrected chi connectivity index (χ0v) is 19.7. The summed E-state index contributed by atoms with van der Waals surface area (Å²) >= 11 is 5.80. The van der Waals surface area contributed by atoms with Gasteiger partial charge in [0, 0.05) is 22.1 Å². The summed E-state index contributed by atoms with van der Waals surface area (Å²) in [6.45, 7) is 3.08. The lowest BCUT2D eigenvalue weighted by atomic mass is 9.86. The van der Waals surface area contributed by atoms with Gasteiger partial charge in [-0.2, -0.15) is 26.3 Å². The Labute approximate surface area is 206 Å². The number of likely N-dealkylation sites (tertiary alicyclic amines) is 1. The Balaban J connectivity index is 1.72. The van der Waals surface area contributed by atoms with E-state index in [2.05, 4.69) is 5.48 Å². The Hall–Kier alpha value is -2.79. The van der Waals surface area contributed by atoms with Crippen LogP contribution in [0.15, 0.2) is 42.5 Å². The first kappa shape index (κ1) is 26.3. The second-order valence-electron chi connectivity index (χ2n) is 9.05. The van der Waals surface area contributed by atoms with Crippen molar-refractivity contribution < 1.29 is 40.4 Å². The number of benzene rings is 2. The third-order valence-corrected chi connectivity index (χ3v) is 6.24. The maximum atomic E-state index is 15.3. The maximum Gasteiger partial charge on any atom is 0.421 e. The van der Waals surface area contributed by atoms with Crippen LogP contribution in [0, 0.1) is 5.92 Å². The van der Waals surface area contributed by atoms with Crippen molar-refractivity contribution in [3.63, 3.8) is 0 Å². The molecule has 0 radical (unpaired) electrons. The van der Waals surface area contributed by atoms with Gasteiger partial charge in [0.25, 0.3) is 0 Å². The van der Waals surface area contributed by atoms with Crippen molar-refractivity contribution >= 4 is 28.8 Å². The number of alkyl halides is 7. The van der Waals surface area contributed by atoms with Crippen molar-refractivity contribution in [2.75, 3.05) is 13.1 Å². The smallest absolute Gasteiger partial charge is 0.335 e. The van der Waals surface area contributed by atoms with Gasteiger partial charge in [-0.1, -0.05) is 49.7 Å². The van der Waals surface area contributed by atoms with Crippen LogP contribution < -0.4 is 5.48 Å². The minimum Gasteiger partial charge on any atom is -0.335 e. The number of nitrogens with one attached hydrogen (secondary N) is 1. The first-order valence-electron chi connectivity index (χ1n) is 10.8. The van der Waals surface area contributed by atoms with Crippen molar-refractivity contribution in [2.45, 2.75) is 38.0 Å². The Morgan fingerprint density at radius 2 is 1.67 bits per heavy atom. The summed E-state index contributed by atoms with van der Waals surface area (Å²) in [5.41, 5.74) is -1.76. The molecule has 4 nitrogen and oxygen atoms in total. The van der Waals surface area contributed by atoms with Gasteiger partial charge in [-0.25, -0.2) is 4.39 Å². The fourth-order valence-corrected chi connectivity index (χ4v) is 4.45. The molecule has 1 unspecified atom stereocenters. The molecule has 0 saturated carbocycles. The zero-order chi connectivity index (χ0) is 26.6. The van der Waals surface area contributed by atoms with Crippen molar-refractivity contribution in [2.24, 2.45) is 5.92 Å². The number of hydroxylamine groups is 1. The molecule has 2 aromatic carbocycles. The van der Waals surface area contributed by atoms with Crippen LogP contribution in [0.4, 0.5) is 30.7 Å². The van der Waals surface area contributed by atoms with Gasteiger partial charge in [0.2, 0.25) is 12.0 Å². The van der Waals surface area contributed by atoms with E-state index in [9.17, 15) is 31.1 Å². The Morgan fingerprint density at radius 1 is 1.06 bits per heavy atom. The van der Waals surface area contributed by atoms with E-state index in [4.69, 9.17) is 16.4 Å². The molecule has 1 atom stereocenters. The number of halogens is 8. The summed E-state index contributed by atoms with van der Waals surface area (Å²) in [6, 6.07) is 7.56. The van der Waals surface area contributed by atoms with Crippen LogP contribution >= 0.6 is 11.6 Å². The molecule has 1 saturated heterocycles. The standard InChI is InChI=1S/C24H20ClF7N2O2/c1-12(2)21(35)34-10-22(26,11-34)15-5-3-13(4-6-15)19-18(20(36-33-19)24(30,31)32)14-7-16(23(27,28)29)9-17(25)8-14/h3-9,12,20,33H,10-11H2,1-2H3. The van der Waals surface area contributed by atoms with Crippen LogP contribution in [0.5, 0.6) is 0 Å². The van der Waals surface area contributed by atoms with Gasteiger partial charge in [0.1, 0.15) is 0 Å². The average Bonchev–Trinajstić information content (AvgIpc) is 3.21. The Bertz CT molecular complexity index is 1200. The summed E-state index contributed by atoms with van der Waals surface area (Å²) in [5, 5.41) is -0.403. The Kier molecular flexibility index (Phi) is 6.53. The summed E-state index contributed by atoms with van der Waals surface area (Å²) in [4.78, 5) is 18.1. The fourth-order valence-electron chi connectivity index (χ4n) is 4.21. The third-order valence-electron chi connectivity index (χ3n) is 6.02. The van der Waals surface area contributed by atoms with Crippen LogP contribution in [0.2, 0.25) is 5.02 Å². The van der Waals surface area contributed by atoms with Crippen LogP contribution in [-0.4, -0.2) is 36.2 Å². The molecule has 2 aliphatic rings. The molecule has 0 bridgehead atoms. The minimum atomic E-state index is -4.95. The van der Waals surface area contributed by atoms with Gasteiger partial charge in [-0.05, 0) is 29.3 Å². The van der Waals surface area contributed by atoms with Crippen LogP contribution in [0.25, 0.3) is 11.3 Å². The van der Waals surface area contributed by atoms with Crippen LogP contribution in [0.3, 0.4) is 0 Å². The second kappa shape index (κ2) is 8.95. The van der Waals surface area contributed by atoms with Crippen LogP contribution in [0.1, 0.15) is 36.1 Å². The summed E-state index contributed by atoms with van der Waals surface area (Å²) in [5.74, 6) is -0.485. The highest BCUT2D eigenvalue weighted by molar-refractivity contribution is 6.30. The molecule has 2 heterocycles. The van der Waals surface area contributed by atoms with E-state index in [1.54, 1.807) is 13.8 Å². The molecule has 1 N–H and O–H groups in total. The SMILES string of the molecule is CC(C)C(=O)N1CC(F)(c2ccc(C3=C(c4cc(Cl)cc(C(F)(F)F)c4)C(C(F)(F)F)ON3)cc2)C1. The van der Waals surface area contributed by atoms with E-state index in [-0.39, 0.29) is 41.7 Å². The first-order valence-corrected chi connectivity index (χ1v) is 11.2. The van der Waals surface area contributed by atoms with E-state index >= 15 is 4.39 Å². The molecular weight excluding hydrogens is 517 g/mol. The maximum absolute atomic E-state index is 15.3. The number of amides is 1. The predicted octanol–water partition coefficient (Wildman–Crippen LogP) is 6.36. The van der Waals surface area contributed by atoms with Crippen molar-refractivity contribution in [1.82, 2.24) is 10.4 Å². The van der Waals surface area contributed by atoms with Crippen LogP contribution in [-0.2, 0) is 21.5 Å². The number of rotatable bonds is 4. The van der Waals surface area contributed by atoms with Gasteiger partial charge in [-0.3, -0.25) is 15.1 Å². The molecule has 4 rings (SSSR count). The van der Waals surface area contributed by atoms with Gasteiger partial charge >= 0.3 is 12.4 Å². The third kappa shape index (κ3) is 4.90. The van der Waals surface area contributed by atoms with Crippen molar-refractivity contribution in [1.29, 1.82) is 0 Å². The molecule has 1 fully saturated rings. The summed E-state index contributed by atoms with van der Waals surface area (Å²) in [7, 11) is 0. The average molecular weight is 537 g/mol. The van der Waals surface area contributed by atoms with E-state index in [0.29, 0.717) is 12.1 Å². The number of nitrogens with zero attached hydrogens (tertiary/aromatic N) is 1. The van der Waals surface area contributed by atoms with Gasteiger partial charge in [0.05, 0.1) is 24.4 Å². The fraction of sp³-hybridized carbons (Fsp3) is 0.375. The lowest BCUT2D eigenvalue weighted by Gasteiger charge is -2.45. The van der Waals surface area contributed by atoms with E-state index in [1.807, 2.05) is 0 Å². The van der Waals surface area contributed by atoms with Gasteiger partial charge < -0.3 is 4.90 Å². The normalized spacial score (nSPS) is 20.0. The highest BCUT2D eigenvalue weighted by Crippen LogP contribution is 2.44. The topological polar surface area (TPSA) is 41.6 Å². The monoisotopic (exact) mass is 536 g/mol. The van der Waals surface area contributed by atoms with E-state index < -0.39 is 45.8 Å². The number of carbonyl (C=O) groups excluding carboxylic acids is 1. The highest BCUT2D eigenvalue weighted by atomic mass is 35.5.